The molecule has 0 saturated heterocycles. The highest BCUT2D eigenvalue weighted by molar-refractivity contribution is 5.26. The van der Waals surface area contributed by atoms with Gasteiger partial charge in [-0.2, -0.15) is 5.10 Å². The first kappa shape index (κ1) is 14.7. The summed E-state index contributed by atoms with van der Waals surface area (Å²) in [7, 11) is 1.86. The second-order valence-electron chi connectivity index (χ2n) is 4.97. The van der Waals surface area contributed by atoms with Crippen LogP contribution in [0.15, 0.2) is 18.2 Å². The molecule has 0 fully saturated rings. The predicted octanol–water partition coefficient (Wildman–Crippen LogP) is 2.98. The third kappa shape index (κ3) is 2.72. The van der Waals surface area contributed by atoms with Crippen LogP contribution in [0.25, 0.3) is 0 Å². The average molecular weight is 280 g/mol. The molecule has 2 aromatic rings. The van der Waals surface area contributed by atoms with Gasteiger partial charge in [-0.1, -0.05) is 12.1 Å². The zero-order valence-corrected chi connectivity index (χ0v) is 11.8. The van der Waals surface area contributed by atoms with E-state index in [0.717, 1.165) is 23.0 Å². The summed E-state index contributed by atoms with van der Waals surface area (Å²) in [6.45, 7) is 3.85. The van der Waals surface area contributed by atoms with E-state index < -0.39 is 17.7 Å². The van der Waals surface area contributed by atoms with Crippen LogP contribution in [-0.4, -0.2) is 14.9 Å². The van der Waals surface area contributed by atoms with Gasteiger partial charge in [0.25, 0.3) is 0 Å². The van der Waals surface area contributed by atoms with Crippen LogP contribution in [0.4, 0.5) is 8.78 Å². The van der Waals surface area contributed by atoms with Crippen LogP contribution in [0.5, 0.6) is 0 Å². The Morgan fingerprint density at radius 3 is 2.60 bits per heavy atom. The molecule has 1 aromatic heterocycles. The average Bonchev–Trinajstić information content (AvgIpc) is 2.64. The second kappa shape index (κ2) is 5.71. The summed E-state index contributed by atoms with van der Waals surface area (Å²) < 4.78 is 28.5. The molecule has 0 amide bonds. The molecule has 0 aliphatic heterocycles. The lowest BCUT2D eigenvalue weighted by atomic mass is 10.00. The Labute approximate surface area is 116 Å². The van der Waals surface area contributed by atoms with E-state index in [-0.39, 0.29) is 5.56 Å². The topological polar surface area (TPSA) is 38.0 Å². The molecule has 1 N–H and O–H groups in total. The lowest BCUT2D eigenvalue weighted by molar-refractivity contribution is 0.162. The molecule has 0 saturated carbocycles. The first-order chi connectivity index (χ1) is 9.41. The number of hydrogen-bond acceptors (Lipinski definition) is 2. The molecule has 0 aliphatic rings. The molecule has 20 heavy (non-hydrogen) atoms. The number of hydrogen-bond donors (Lipinski definition) is 1. The van der Waals surface area contributed by atoms with Crippen molar-refractivity contribution in [3.8, 4) is 0 Å². The molecule has 108 valence electrons. The molecule has 0 bridgehead atoms. The van der Waals surface area contributed by atoms with Crippen LogP contribution in [0.1, 0.15) is 35.0 Å². The predicted molar refractivity (Wildman–Crippen MR) is 72.3 cm³/mol. The van der Waals surface area contributed by atoms with Gasteiger partial charge >= 0.3 is 0 Å². The molecule has 0 radical (unpaired) electrons. The van der Waals surface area contributed by atoms with E-state index >= 15 is 0 Å². The first-order valence-electron chi connectivity index (χ1n) is 6.53. The maximum absolute atomic E-state index is 13.6. The van der Waals surface area contributed by atoms with E-state index in [0.29, 0.717) is 12.8 Å². The van der Waals surface area contributed by atoms with Crippen LogP contribution in [-0.2, 0) is 13.5 Å². The summed E-state index contributed by atoms with van der Waals surface area (Å²) in [6, 6.07) is 3.85. The van der Waals surface area contributed by atoms with Gasteiger partial charge in [0, 0.05) is 18.3 Å². The SMILES string of the molecule is Cc1nn(C)c(C)c1CCC(O)c1cccc(F)c1F. The Balaban J connectivity index is 2.13. The van der Waals surface area contributed by atoms with Crippen LogP contribution in [0.2, 0.25) is 0 Å². The molecule has 1 atom stereocenters. The van der Waals surface area contributed by atoms with E-state index in [1.54, 1.807) is 4.68 Å². The zero-order chi connectivity index (χ0) is 14.9. The Morgan fingerprint density at radius 2 is 2.00 bits per heavy atom. The smallest absolute Gasteiger partial charge is 0.164 e. The van der Waals surface area contributed by atoms with Crippen molar-refractivity contribution in [3.05, 3.63) is 52.3 Å². The number of nitrogens with zero attached hydrogens (tertiary/aromatic N) is 2. The normalized spacial score (nSPS) is 12.7. The second-order valence-corrected chi connectivity index (χ2v) is 4.97. The van der Waals surface area contributed by atoms with Crippen molar-refractivity contribution in [1.82, 2.24) is 9.78 Å². The molecule has 1 unspecified atom stereocenters. The van der Waals surface area contributed by atoms with Gasteiger partial charge in [-0.25, -0.2) is 8.78 Å². The van der Waals surface area contributed by atoms with E-state index in [1.807, 2.05) is 20.9 Å². The maximum atomic E-state index is 13.6. The number of halogens is 2. The van der Waals surface area contributed by atoms with Gasteiger partial charge in [0.15, 0.2) is 11.6 Å². The van der Waals surface area contributed by atoms with Gasteiger partial charge in [-0.15, -0.1) is 0 Å². The minimum Gasteiger partial charge on any atom is -0.388 e. The summed E-state index contributed by atoms with van der Waals surface area (Å²) >= 11 is 0. The molecule has 0 spiro atoms. The van der Waals surface area contributed by atoms with Crippen LogP contribution >= 0.6 is 0 Å². The number of aromatic nitrogens is 2. The van der Waals surface area contributed by atoms with Crippen LogP contribution in [0, 0.1) is 25.5 Å². The van der Waals surface area contributed by atoms with Crippen molar-refractivity contribution in [2.24, 2.45) is 7.05 Å². The van der Waals surface area contributed by atoms with Crippen molar-refractivity contribution < 1.29 is 13.9 Å². The minimum atomic E-state index is -1.02. The monoisotopic (exact) mass is 280 g/mol. The van der Waals surface area contributed by atoms with Gasteiger partial charge < -0.3 is 5.11 Å². The quantitative estimate of drug-likeness (QED) is 0.935. The third-order valence-corrected chi connectivity index (χ3v) is 3.67. The minimum absolute atomic E-state index is 0.00389. The number of aliphatic hydroxyl groups is 1. The zero-order valence-electron chi connectivity index (χ0n) is 11.8. The number of aliphatic hydroxyl groups excluding tert-OH is 1. The standard InChI is InChI=1S/C15H18F2N2O/c1-9-11(10(2)19(3)18-9)7-8-14(20)12-5-4-6-13(16)15(12)17/h4-6,14,20H,7-8H2,1-3H3. The highest BCUT2D eigenvalue weighted by Crippen LogP contribution is 2.24. The highest BCUT2D eigenvalue weighted by Gasteiger charge is 2.17. The summed E-state index contributed by atoms with van der Waals surface area (Å²) in [4.78, 5) is 0. The van der Waals surface area contributed by atoms with Gasteiger partial charge in [0.1, 0.15) is 0 Å². The summed E-state index contributed by atoms with van der Waals surface area (Å²) in [5.74, 6) is -1.91. The molecular formula is C15H18F2N2O. The number of benzene rings is 1. The number of rotatable bonds is 4. The first-order valence-corrected chi connectivity index (χ1v) is 6.53. The van der Waals surface area contributed by atoms with Crippen LogP contribution < -0.4 is 0 Å². The molecule has 3 nitrogen and oxygen atoms in total. The Bertz CT molecular complexity index is 623. The lowest BCUT2D eigenvalue weighted by Crippen LogP contribution is -2.05. The molecular weight excluding hydrogens is 262 g/mol. The molecule has 1 aromatic carbocycles. The fourth-order valence-electron chi connectivity index (χ4n) is 2.39. The van der Waals surface area contributed by atoms with Crippen molar-refractivity contribution in [2.75, 3.05) is 0 Å². The van der Waals surface area contributed by atoms with E-state index in [9.17, 15) is 13.9 Å². The maximum Gasteiger partial charge on any atom is 0.164 e. The molecule has 2 rings (SSSR count). The van der Waals surface area contributed by atoms with Gasteiger partial charge in [-0.3, -0.25) is 4.68 Å². The summed E-state index contributed by atoms with van der Waals surface area (Å²) in [6.07, 6.45) is -0.124. The van der Waals surface area contributed by atoms with Gasteiger partial charge in [-0.05, 0) is 38.3 Å². The van der Waals surface area contributed by atoms with E-state index in [1.165, 1.54) is 12.1 Å². The largest absolute Gasteiger partial charge is 0.388 e. The lowest BCUT2D eigenvalue weighted by Gasteiger charge is -2.12. The molecule has 0 aliphatic carbocycles. The summed E-state index contributed by atoms with van der Waals surface area (Å²) in [5, 5.41) is 14.3. The Hall–Kier alpha value is -1.75. The number of aryl methyl sites for hydroxylation is 2. The van der Waals surface area contributed by atoms with Crippen molar-refractivity contribution >= 4 is 0 Å². The Morgan fingerprint density at radius 1 is 1.30 bits per heavy atom. The Kier molecular flexibility index (Phi) is 4.18. The van der Waals surface area contributed by atoms with Crippen molar-refractivity contribution in [1.29, 1.82) is 0 Å². The molecule has 1 heterocycles. The van der Waals surface area contributed by atoms with Gasteiger partial charge in [0.2, 0.25) is 0 Å². The van der Waals surface area contributed by atoms with Crippen LogP contribution in [0.3, 0.4) is 0 Å². The fourth-order valence-corrected chi connectivity index (χ4v) is 2.39. The van der Waals surface area contributed by atoms with Gasteiger partial charge in [0.05, 0.1) is 11.8 Å². The molecule has 5 heteroatoms. The summed E-state index contributed by atoms with van der Waals surface area (Å²) in [5.41, 5.74) is 2.97. The van der Waals surface area contributed by atoms with E-state index in [4.69, 9.17) is 0 Å². The van der Waals surface area contributed by atoms with E-state index in [2.05, 4.69) is 5.10 Å². The fraction of sp³-hybridized carbons (Fsp3) is 0.400. The van der Waals surface area contributed by atoms with Crippen molar-refractivity contribution in [2.45, 2.75) is 32.8 Å². The highest BCUT2D eigenvalue weighted by atomic mass is 19.2. The van der Waals surface area contributed by atoms with Crippen molar-refractivity contribution in [3.63, 3.8) is 0 Å². The third-order valence-electron chi connectivity index (χ3n) is 3.67.